The molecule has 24 heavy (non-hydrogen) atoms. The number of aryl methyl sites for hydroxylation is 1. The van der Waals surface area contributed by atoms with Crippen LogP contribution in [0.1, 0.15) is 50.4 Å². The number of esters is 1. The largest absolute Gasteiger partial charge is 0.462 e. The number of furan rings is 1. The zero-order valence-electron chi connectivity index (χ0n) is 13.0. The molecule has 4 unspecified atom stereocenters. The molecule has 5 nitrogen and oxygen atoms in total. The average Bonchev–Trinajstić information content (AvgIpc) is 3.20. The molecule has 0 amide bonds. The Hall–Kier alpha value is -1.59. The van der Waals surface area contributed by atoms with Gasteiger partial charge in [0.1, 0.15) is 21.1 Å². The highest BCUT2D eigenvalue weighted by Crippen LogP contribution is 2.64. The number of alkyl halides is 2. The number of hydrogen-bond donors (Lipinski definition) is 0. The van der Waals surface area contributed by atoms with Gasteiger partial charge in [0.2, 0.25) is 5.78 Å². The van der Waals surface area contributed by atoms with Gasteiger partial charge in [0.25, 0.3) is 0 Å². The Labute approximate surface area is 147 Å². The Morgan fingerprint density at radius 1 is 1.25 bits per heavy atom. The van der Waals surface area contributed by atoms with Gasteiger partial charge in [-0.25, -0.2) is 4.79 Å². The molecule has 4 rings (SSSR count). The molecule has 1 saturated carbocycles. The second-order valence-corrected chi connectivity index (χ2v) is 7.57. The summed E-state index contributed by atoms with van der Waals surface area (Å²) in [5.74, 6) is -2.50. The lowest BCUT2D eigenvalue weighted by Crippen LogP contribution is -2.62. The van der Waals surface area contributed by atoms with Crippen LogP contribution in [0.15, 0.2) is 16.6 Å². The third-order valence-corrected chi connectivity index (χ3v) is 6.89. The summed E-state index contributed by atoms with van der Waals surface area (Å²) in [6.45, 7) is 3.30. The Kier molecular flexibility index (Phi) is 3.14. The van der Waals surface area contributed by atoms with Crippen LogP contribution in [0.25, 0.3) is 0 Å². The Morgan fingerprint density at radius 3 is 2.42 bits per heavy atom. The van der Waals surface area contributed by atoms with Crippen molar-refractivity contribution in [2.24, 2.45) is 11.8 Å². The zero-order chi connectivity index (χ0) is 17.4. The molecule has 0 spiro atoms. The minimum absolute atomic E-state index is 0.0318. The fourth-order valence-electron chi connectivity index (χ4n) is 4.21. The van der Waals surface area contributed by atoms with Crippen LogP contribution in [0.4, 0.5) is 0 Å². The fourth-order valence-corrected chi connectivity index (χ4v) is 5.17. The van der Waals surface area contributed by atoms with E-state index >= 15 is 0 Å². The number of ether oxygens (including phenoxy) is 1. The van der Waals surface area contributed by atoms with Gasteiger partial charge in [0, 0.05) is 11.8 Å². The molecule has 0 N–H and O–H groups in total. The van der Waals surface area contributed by atoms with Crippen LogP contribution in [-0.4, -0.2) is 33.9 Å². The third kappa shape index (κ3) is 1.51. The van der Waals surface area contributed by atoms with E-state index in [0.29, 0.717) is 6.42 Å². The van der Waals surface area contributed by atoms with Gasteiger partial charge in [-0.15, -0.1) is 23.2 Å². The molecule has 1 fully saturated rings. The minimum atomic E-state index is -1.60. The summed E-state index contributed by atoms with van der Waals surface area (Å²) in [6, 6.07) is 0. The standard InChI is InChI=1S/C17H14Cl2O5/c1-3-23-15(22)10-7(2)24-12-11(10)13(20)16(18)8-4-5-9(6-8)17(16,19)14(12)21/h4-5,8-9H,3,6H2,1-2H3. The zero-order valence-corrected chi connectivity index (χ0v) is 14.5. The van der Waals surface area contributed by atoms with Crippen molar-refractivity contribution in [3.63, 3.8) is 0 Å². The lowest BCUT2D eigenvalue weighted by Gasteiger charge is -2.43. The minimum Gasteiger partial charge on any atom is -0.462 e. The van der Waals surface area contributed by atoms with Crippen molar-refractivity contribution in [2.45, 2.75) is 30.0 Å². The van der Waals surface area contributed by atoms with Gasteiger partial charge in [-0.2, -0.15) is 0 Å². The van der Waals surface area contributed by atoms with Crippen molar-refractivity contribution in [1.29, 1.82) is 0 Å². The average molecular weight is 369 g/mol. The fraction of sp³-hybridized carbons (Fsp3) is 0.471. The quantitative estimate of drug-likeness (QED) is 0.454. The number of carbonyl (C=O) groups is 3. The van der Waals surface area contributed by atoms with E-state index in [1.165, 1.54) is 6.92 Å². The van der Waals surface area contributed by atoms with Crippen LogP contribution >= 0.6 is 23.2 Å². The first-order valence-corrected chi connectivity index (χ1v) is 8.50. The molecule has 2 bridgehead atoms. The number of rotatable bonds is 2. The SMILES string of the molecule is CCOC(=O)c1c(C)oc2c1C(=O)C1(Cl)C3C=CC(C3)C1(Cl)C2=O. The molecule has 1 aromatic rings. The summed E-state index contributed by atoms with van der Waals surface area (Å²) in [5.41, 5.74) is -0.126. The van der Waals surface area contributed by atoms with E-state index < -0.39 is 27.3 Å². The van der Waals surface area contributed by atoms with Gasteiger partial charge in [-0.1, -0.05) is 12.2 Å². The number of ketones is 2. The third-order valence-electron chi connectivity index (χ3n) is 5.29. The molecule has 0 aromatic carbocycles. The molecule has 4 atom stereocenters. The molecule has 3 aliphatic carbocycles. The maximum Gasteiger partial charge on any atom is 0.342 e. The van der Waals surface area contributed by atoms with Gasteiger partial charge in [-0.3, -0.25) is 9.59 Å². The van der Waals surface area contributed by atoms with E-state index in [1.54, 1.807) is 6.92 Å². The summed E-state index contributed by atoms with van der Waals surface area (Å²) in [4.78, 5) is 35.4. The Balaban J connectivity index is 1.97. The van der Waals surface area contributed by atoms with E-state index in [2.05, 4.69) is 0 Å². The molecular weight excluding hydrogens is 355 g/mol. The highest BCUT2D eigenvalue weighted by Gasteiger charge is 2.75. The highest BCUT2D eigenvalue weighted by molar-refractivity contribution is 6.55. The van der Waals surface area contributed by atoms with Gasteiger partial charge in [-0.05, 0) is 20.3 Å². The van der Waals surface area contributed by atoms with Crippen LogP contribution in [0.2, 0.25) is 0 Å². The maximum absolute atomic E-state index is 13.2. The highest BCUT2D eigenvalue weighted by atomic mass is 35.5. The second-order valence-electron chi connectivity index (χ2n) is 6.37. The molecule has 1 aromatic heterocycles. The molecule has 1 heterocycles. The Morgan fingerprint density at radius 2 is 1.83 bits per heavy atom. The first-order valence-electron chi connectivity index (χ1n) is 7.74. The number of allylic oxidation sites excluding steroid dienone is 2. The van der Waals surface area contributed by atoms with Crippen molar-refractivity contribution in [3.05, 3.63) is 34.8 Å². The molecular formula is C17H14Cl2O5. The molecule has 7 heteroatoms. The second kappa shape index (κ2) is 4.73. The van der Waals surface area contributed by atoms with Gasteiger partial charge < -0.3 is 9.15 Å². The van der Waals surface area contributed by atoms with Gasteiger partial charge in [0.05, 0.1) is 12.2 Å². The number of halogens is 2. The van der Waals surface area contributed by atoms with Crippen LogP contribution in [-0.2, 0) is 4.74 Å². The topological polar surface area (TPSA) is 73.6 Å². The summed E-state index contributed by atoms with van der Waals surface area (Å²) >= 11 is 13.4. The summed E-state index contributed by atoms with van der Waals surface area (Å²) in [5, 5.41) is 0. The van der Waals surface area contributed by atoms with Crippen LogP contribution in [0.3, 0.4) is 0 Å². The lowest BCUT2D eigenvalue weighted by atomic mass is 9.69. The summed E-state index contributed by atoms with van der Waals surface area (Å²) < 4.78 is 10.5. The van der Waals surface area contributed by atoms with E-state index in [4.69, 9.17) is 32.4 Å². The van der Waals surface area contributed by atoms with Crippen molar-refractivity contribution < 1.29 is 23.5 Å². The molecule has 0 radical (unpaired) electrons. The molecule has 0 saturated heterocycles. The summed E-state index contributed by atoms with van der Waals surface area (Å²) in [6.07, 6.45) is 4.18. The number of carbonyl (C=O) groups excluding carboxylic acids is 3. The predicted molar refractivity (Wildman–Crippen MR) is 86.0 cm³/mol. The van der Waals surface area contributed by atoms with Crippen LogP contribution < -0.4 is 0 Å². The monoisotopic (exact) mass is 368 g/mol. The van der Waals surface area contributed by atoms with Crippen molar-refractivity contribution in [3.8, 4) is 0 Å². The van der Waals surface area contributed by atoms with Crippen molar-refractivity contribution >= 4 is 40.7 Å². The van der Waals surface area contributed by atoms with E-state index in [1.807, 2.05) is 12.2 Å². The molecule has 126 valence electrons. The molecule has 0 aliphatic heterocycles. The maximum atomic E-state index is 13.2. The Bertz CT molecular complexity index is 838. The smallest absolute Gasteiger partial charge is 0.342 e. The first kappa shape index (κ1) is 15.9. The van der Waals surface area contributed by atoms with Crippen molar-refractivity contribution in [2.75, 3.05) is 6.61 Å². The van der Waals surface area contributed by atoms with Gasteiger partial charge >= 0.3 is 5.97 Å². The first-order chi connectivity index (χ1) is 11.3. The van der Waals surface area contributed by atoms with E-state index in [0.717, 1.165) is 0 Å². The van der Waals surface area contributed by atoms with Crippen LogP contribution in [0, 0.1) is 18.8 Å². The number of fused-ring (bicyclic) bond motifs is 6. The number of Topliss-reactive ketones (excluding diaryl/α,β-unsaturated/α-hetero) is 2. The normalized spacial score (nSPS) is 36.0. The predicted octanol–water partition coefficient (Wildman–Crippen LogP) is 3.30. The lowest BCUT2D eigenvalue weighted by molar-refractivity contribution is 0.0520. The summed E-state index contributed by atoms with van der Waals surface area (Å²) in [7, 11) is 0. The number of hydrogen-bond acceptors (Lipinski definition) is 5. The molecule has 3 aliphatic rings. The van der Waals surface area contributed by atoms with Crippen molar-refractivity contribution in [1.82, 2.24) is 0 Å². The van der Waals surface area contributed by atoms with Crippen LogP contribution in [0.5, 0.6) is 0 Å². The van der Waals surface area contributed by atoms with Gasteiger partial charge in [0.15, 0.2) is 11.5 Å². The van der Waals surface area contributed by atoms with E-state index in [9.17, 15) is 14.4 Å². The van der Waals surface area contributed by atoms with E-state index in [-0.39, 0.29) is 41.1 Å².